The molecule has 0 bridgehead atoms. The molecule has 0 aromatic carbocycles. The first-order valence-corrected chi connectivity index (χ1v) is 9.76. The maximum atomic E-state index is 16.8. The molecule has 4 rings (SSSR count). The topological polar surface area (TPSA) is 94.8 Å². The molecule has 0 saturated heterocycles. The molecular weight excluding hydrogens is 370 g/mol. The summed E-state index contributed by atoms with van der Waals surface area (Å²) in [5, 5.41) is 31.8. The average Bonchev–Trinajstić information content (AvgIpc) is 2.81. The van der Waals surface area contributed by atoms with E-state index in [1.165, 1.54) is 19.1 Å². The van der Waals surface area contributed by atoms with E-state index in [0.29, 0.717) is 0 Å². The number of alkyl halides is 2. The zero-order valence-corrected chi connectivity index (χ0v) is 16.2. The van der Waals surface area contributed by atoms with Gasteiger partial charge >= 0.3 is 5.97 Å². The van der Waals surface area contributed by atoms with Crippen molar-refractivity contribution in [1.82, 2.24) is 0 Å². The standard InChI is InChI=1S/C21H26F2O5/c1-10-6-12-13-8-15(22)14-7-11(24)4-5-18(14,2)20(13,23)16(25)9-19(12,3)21(10,28)17(26)27/h4-5,7,10,12-13,15-16,25,28H,6,8-9H2,1-3H3,(H,26,27)/t10-,12?,13?,15-,16-,18-,19-,20-,21-/m0/s1. The molecule has 3 N–H and O–H groups in total. The van der Waals surface area contributed by atoms with Crippen LogP contribution >= 0.6 is 0 Å². The van der Waals surface area contributed by atoms with E-state index in [-0.39, 0.29) is 24.8 Å². The highest BCUT2D eigenvalue weighted by molar-refractivity contribution is 6.01. The molecule has 3 saturated carbocycles. The number of aliphatic carboxylic acids is 1. The second-order valence-electron chi connectivity index (χ2n) is 9.57. The van der Waals surface area contributed by atoms with Crippen LogP contribution in [0.3, 0.4) is 0 Å². The van der Waals surface area contributed by atoms with E-state index in [9.17, 15) is 24.9 Å². The lowest BCUT2D eigenvalue weighted by Crippen LogP contribution is -2.70. The molecule has 3 fully saturated rings. The molecule has 5 nitrogen and oxygen atoms in total. The lowest BCUT2D eigenvalue weighted by Gasteiger charge is -2.62. The first kappa shape index (κ1) is 19.7. The number of hydrogen-bond donors (Lipinski definition) is 3. The van der Waals surface area contributed by atoms with Gasteiger partial charge in [-0.3, -0.25) is 4.79 Å². The molecule has 0 aromatic rings. The van der Waals surface area contributed by atoms with Gasteiger partial charge in [0.1, 0.15) is 6.17 Å². The van der Waals surface area contributed by atoms with Crippen LogP contribution in [0.5, 0.6) is 0 Å². The van der Waals surface area contributed by atoms with Gasteiger partial charge in [0.2, 0.25) is 0 Å². The molecule has 2 unspecified atom stereocenters. The highest BCUT2D eigenvalue weighted by Gasteiger charge is 2.76. The van der Waals surface area contributed by atoms with Crippen LogP contribution in [0.15, 0.2) is 23.8 Å². The van der Waals surface area contributed by atoms with Gasteiger partial charge in [0.15, 0.2) is 17.1 Å². The van der Waals surface area contributed by atoms with Crippen molar-refractivity contribution >= 4 is 11.8 Å². The monoisotopic (exact) mass is 396 g/mol. The molecule has 4 aliphatic carbocycles. The molecule has 0 aromatic heterocycles. The molecular formula is C21H26F2O5. The Morgan fingerprint density at radius 3 is 2.50 bits per heavy atom. The smallest absolute Gasteiger partial charge is 0.336 e. The number of ketones is 1. The Bertz CT molecular complexity index is 824. The maximum Gasteiger partial charge on any atom is 0.336 e. The summed E-state index contributed by atoms with van der Waals surface area (Å²) in [6, 6.07) is 0. The van der Waals surface area contributed by atoms with Crippen LogP contribution < -0.4 is 0 Å². The van der Waals surface area contributed by atoms with Gasteiger partial charge in [0, 0.05) is 16.7 Å². The number of allylic oxidation sites excluding steroid dienone is 4. The normalized spacial score (nSPS) is 55.2. The van der Waals surface area contributed by atoms with Crippen molar-refractivity contribution in [1.29, 1.82) is 0 Å². The zero-order chi connectivity index (χ0) is 20.9. The molecule has 0 amide bonds. The van der Waals surface area contributed by atoms with E-state index in [1.54, 1.807) is 13.8 Å². The molecule has 0 radical (unpaired) electrons. The summed E-state index contributed by atoms with van der Waals surface area (Å²) >= 11 is 0. The third-order valence-electron chi connectivity index (χ3n) is 8.54. The molecule has 9 atom stereocenters. The van der Waals surface area contributed by atoms with Crippen LogP contribution in [0, 0.1) is 28.6 Å². The number of carboxylic acids is 1. The highest BCUT2D eigenvalue weighted by atomic mass is 19.1. The molecule has 0 heterocycles. The van der Waals surface area contributed by atoms with Gasteiger partial charge in [0.25, 0.3) is 0 Å². The van der Waals surface area contributed by atoms with Crippen molar-refractivity contribution in [2.75, 3.05) is 0 Å². The first-order valence-electron chi connectivity index (χ1n) is 9.76. The molecule has 0 aliphatic heterocycles. The number of rotatable bonds is 1. The van der Waals surface area contributed by atoms with Crippen molar-refractivity contribution in [3.8, 4) is 0 Å². The van der Waals surface area contributed by atoms with E-state index in [0.717, 1.165) is 6.08 Å². The van der Waals surface area contributed by atoms with Gasteiger partial charge in [-0.1, -0.05) is 19.9 Å². The second-order valence-corrected chi connectivity index (χ2v) is 9.57. The fourth-order valence-corrected chi connectivity index (χ4v) is 7.00. The van der Waals surface area contributed by atoms with Crippen molar-refractivity contribution in [3.05, 3.63) is 23.8 Å². The Morgan fingerprint density at radius 1 is 1.25 bits per heavy atom. The lowest BCUT2D eigenvalue weighted by molar-refractivity contribution is -0.229. The van der Waals surface area contributed by atoms with Gasteiger partial charge < -0.3 is 15.3 Å². The predicted molar refractivity (Wildman–Crippen MR) is 95.8 cm³/mol. The second kappa shape index (κ2) is 5.51. The Morgan fingerprint density at radius 2 is 1.89 bits per heavy atom. The van der Waals surface area contributed by atoms with E-state index < -0.39 is 63.9 Å². The maximum absolute atomic E-state index is 16.8. The third-order valence-corrected chi connectivity index (χ3v) is 8.54. The van der Waals surface area contributed by atoms with Crippen molar-refractivity contribution in [2.24, 2.45) is 28.6 Å². The summed E-state index contributed by atoms with van der Waals surface area (Å²) < 4.78 is 31.9. The number of halogens is 2. The Kier molecular flexibility index (Phi) is 3.88. The number of carboxylic acid groups (broad SMARTS) is 1. The fourth-order valence-electron chi connectivity index (χ4n) is 7.00. The quantitative estimate of drug-likeness (QED) is 0.633. The van der Waals surface area contributed by atoms with E-state index in [4.69, 9.17) is 0 Å². The van der Waals surface area contributed by atoms with Crippen LogP contribution in [0.2, 0.25) is 0 Å². The predicted octanol–water partition coefficient (Wildman–Crippen LogP) is 2.37. The minimum Gasteiger partial charge on any atom is -0.479 e. The van der Waals surface area contributed by atoms with Crippen LogP contribution in [0.4, 0.5) is 8.78 Å². The van der Waals surface area contributed by atoms with Gasteiger partial charge in [-0.05, 0) is 55.7 Å². The summed E-state index contributed by atoms with van der Waals surface area (Å²) in [6.45, 7) is 4.67. The number of carbonyl (C=O) groups excluding carboxylic acids is 1. The molecule has 154 valence electrons. The van der Waals surface area contributed by atoms with Crippen LogP contribution in [0.25, 0.3) is 0 Å². The minimum absolute atomic E-state index is 0.0287. The molecule has 4 aliphatic rings. The largest absolute Gasteiger partial charge is 0.479 e. The number of carbonyl (C=O) groups is 2. The Labute approximate surface area is 162 Å². The fraction of sp³-hybridized carbons (Fsp3) is 0.714. The van der Waals surface area contributed by atoms with E-state index in [2.05, 4.69) is 0 Å². The summed E-state index contributed by atoms with van der Waals surface area (Å²) in [7, 11) is 0. The summed E-state index contributed by atoms with van der Waals surface area (Å²) in [5.74, 6) is -4.07. The van der Waals surface area contributed by atoms with Gasteiger partial charge in [-0.25, -0.2) is 13.6 Å². The van der Waals surface area contributed by atoms with Crippen LogP contribution in [-0.2, 0) is 9.59 Å². The number of aliphatic hydroxyl groups is 2. The average molecular weight is 396 g/mol. The minimum atomic E-state index is -2.26. The Balaban J connectivity index is 1.88. The van der Waals surface area contributed by atoms with Crippen LogP contribution in [0.1, 0.15) is 40.0 Å². The van der Waals surface area contributed by atoms with Crippen LogP contribution in [-0.4, -0.2) is 50.6 Å². The number of aliphatic hydroxyl groups excluding tert-OH is 1. The lowest BCUT2D eigenvalue weighted by atomic mass is 9.44. The van der Waals surface area contributed by atoms with Crippen molar-refractivity contribution < 1.29 is 33.7 Å². The molecule has 28 heavy (non-hydrogen) atoms. The van der Waals surface area contributed by atoms with Crippen molar-refractivity contribution in [3.63, 3.8) is 0 Å². The highest BCUT2D eigenvalue weighted by Crippen LogP contribution is 2.70. The van der Waals surface area contributed by atoms with E-state index >= 15 is 8.78 Å². The van der Waals surface area contributed by atoms with Crippen molar-refractivity contribution in [2.45, 2.75) is 63.6 Å². The summed E-state index contributed by atoms with van der Waals surface area (Å²) in [6.07, 6.45) is 0.214. The van der Waals surface area contributed by atoms with Gasteiger partial charge in [-0.2, -0.15) is 0 Å². The van der Waals surface area contributed by atoms with E-state index in [1.807, 2.05) is 0 Å². The van der Waals surface area contributed by atoms with Gasteiger partial charge in [0.05, 0.1) is 6.10 Å². The third kappa shape index (κ3) is 1.92. The SMILES string of the molecule is C[C@H]1CC2C3C[C@H](F)C4=CC(=O)C=C[C@]4(C)[C@@]3(F)[C@@H](O)C[C@]2(C)[C@@]1(O)C(=O)O. The number of hydrogen-bond acceptors (Lipinski definition) is 4. The summed E-state index contributed by atoms with van der Waals surface area (Å²) in [5.41, 5.74) is -7.14. The number of fused-ring (bicyclic) bond motifs is 5. The van der Waals surface area contributed by atoms with Gasteiger partial charge in [-0.15, -0.1) is 0 Å². The zero-order valence-electron chi connectivity index (χ0n) is 16.2. The Hall–Kier alpha value is -1.60. The molecule has 0 spiro atoms. The molecule has 7 heteroatoms. The first-order chi connectivity index (χ1) is 12.8. The summed E-state index contributed by atoms with van der Waals surface area (Å²) in [4.78, 5) is 23.7.